The van der Waals surface area contributed by atoms with Crippen molar-refractivity contribution in [2.75, 3.05) is 17.7 Å². The lowest BCUT2D eigenvalue weighted by molar-refractivity contribution is 0.105. The fraction of sp³-hybridized carbons (Fsp3) is 0.583. The molecule has 0 aliphatic carbocycles. The Morgan fingerprint density at radius 1 is 1.56 bits per heavy atom. The normalized spacial score (nSPS) is 29.3. The average Bonchev–Trinajstić information content (AvgIpc) is 2.53. The van der Waals surface area contributed by atoms with E-state index in [9.17, 15) is 0 Å². The van der Waals surface area contributed by atoms with Gasteiger partial charge in [0.15, 0.2) is 0 Å². The van der Waals surface area contributed by atoms with Gasteiger partial charge in [0.1, 0.15) is 5.82 Å². The summed E-state index contributed by atoms with van der Waals surface area (Å²) in [6.45, 7) is 6.97. The first kappa shape index (κ1) is 11.2. The number of nitrogens with one attached hydrogen (secondary N) is 1. The quantitative estimate of drug-likeness (QED) is 0.801. The summed E-state index contributed by atoms with van der Waals surface area (Å²) in [5.41, 5.74) is 7.30. The molecule has 4 heteroatoms. The van der Waals surface area contributed by atoms with E-state index in [1.54, 1.807) is 0 Å². The van der Waals surface area contributed by atoms with Gasteiger partial charge in [0.25, 0.3) is 0 Å². The van der Waals surface area contributed by atoms with Crippen molar-refractivity contribution >= 4 is 11.5 Å². The molecule has 1 aromatic heterocycles. The largest absolute Gasteiger partial charge is 0.397 e. The van der Waals surface area contributed by atoms with Crippen molar-refractivity contribution in [1.29, 1.82) is 0 Å². The van der Waals surface area contributed by atoms with E-state index in [0.29, 0.717) is 0 Å². The van der Waals surface area contributed by atoms with Crippen molar-refractivity contribution in [3.05, 3.63) is 17.8 Å². The third-order valence-electron chi connectivity index (χ3n) is 3.43. The topological polar surface area (TPSA) is 60.2 Å². The van der Waals surface area contributed by atoms with E-state index in [0.717, 1.165) is 30.2 Å². The maximum atomic E-state index is 5.74. The maximum Gasteiger partial charge on any atom is 0.126 e. The highest BCUT2D eigenvalue weighted by atomic mass is 16.5. The molecule has 1 aliphatic rings. The van der Waals surface area contributed by atoms with E-state index in [-0.39, 0.29) is 11.6 Å². The van der Waals surface area contributed by atoms with Crippen LogP contribution in [-0.4, -0.2) is 23.2 Å². The van der Waals surface area contributed by atoms with Gasteiger partial charge >= 0.3 is 0 Å². The molecule has 2 rings (SSSR count). The third kappa shape index (κ3) is 1.97. The lowest BCUT2D eigenvalue weighted by Gasteiger charge is -2.29. The van der Waals surface area contributed by atoms with Gasteiger partial charge < -0.3 is 15.8 Å². The molecule has 0 saturated carbocycles. The Morgan fingerprint density at radius 3 is 2.88 bits per heavy atom. The Bertz CT molecular complexity index is 394. The van der Waals surface area contributed by atoms with E-state index in [4.69, 9.17) is 10.5 Å². The molecule has 0 aromatic carbocycles. The van der Waals surface area contributed by atoms with Crippen molar-refractivity contribution < 1.29 is 4.74 Å². The summed E-state index contributed by atoms with van der Waals surface area (Å²) in [6, 6.07) is 3.80. The van der Waals surface area contributed by atoms with Crippen LogP contribution in [0.4, 0.5) is 11.5 Å². The standard InChI is InChI=1S/C12H19N3O/c1-8-10(13)4-5-11(14-8)15-12(3)6-7-16-9(12)2/h4-5,9H,6-7,13H2,1-3H3,(H,14,15). The second kappa shape index (κ2) is 3.94. The summed E-state index contributed by atoms with van der Waals surface area (Å²) in [5, 5.41) is 3.44. The molecule has 0 radical (unpaired) electrons. The van der Waals surface area contributed by atoms with Crippen LogP contribution in [-0.2, 0) is 4.74 Å². The molecule has 4 nitrogen and oxygen atoms in total. The lowest BCUT2D eigenvalue weighted by Crippen LogP contribution is -2.41. The number of nitrogens with zero attached hydrogens (tertiary/aromatic N) is 1. The Morgan fingerprint density at radius 2 is 2.31 bits per heavy atom. The zero-order valence-electron chi connectivity index (χ0n) is 10.1. The molecule has 2 heterocycles. The van der Waals surface area contributed by atoms with Crippen LogP contribution in [0.2, 0.25) is 0 Å². The number of aryl methyl sites for hydroxylation is 1. The molecule has 1 fully saturated rings. The van der Waals surface area contributed by atoms with Gasteiger partial charge in [-0.15, -0.1) is 0 Å². The number of ether oxygens (including phenoxy) is 1. The van der Waals surface area contributed by atoms with Crippen LogP contribution in [0.3, 0.4) is 0 Å². The highest BCUT2D eigenvalue weighted by Crippen LogP contribution is 2.29. The predicted molar refractivity (Wildman–Crippen MR) is 65.4 cm³/mol. The highest BCUT2D eigenvalue weighted by molar-refractivity contribution is 5.50. The minimum atomic E-state index is -0.0322. The molecular formula is C12H19N3O. The highest BCUT2D eigenvalue weighted by Gasteiger charge is 2.37. The zero-order chi connectivity index (χ0) is 11.8. The van der Waals surface area contributed by atoms with E-state index in [2.05, 4.69) is 24.1 Å². The number of anilines is 2. The summed E-state index contributed by atoms with van der Waals surface area (Å²) >= 11 is 0. The monoisotopic (exact) mass is 221 g/mol. The Labute approximate surface area is 96.2 Å². The molecule has 16 heavy (non-hydrogen) atoms. The van der Waals surface area contributed by atoms with Crippen molar-refractivity contribution in [2.24, 2.45) is 0 Å². The van der Waals surface area contributed by atoms with Crippen LogP contribution in [0, 0.1) is 6.92 Å². The number of rotatable bonds is 2. The van der Waals surface area contributed by atoms with Crippen molar-refractivity contribution in [3.8, 4) is 0 Å². The second-order valence-electron chi connectivity index (χ2n) is 4.68. The Kier molecular flexibility index (Phi) is 2.76. The summed E-state index contributed by atoms with van der Waals surface area (Å²) in [7, 11) is 0. The molecule has 1 aliphatic heterocycles. The van der Waals surface area contributed by atoms with Crippen LogP contribution in [0.5, 0.6) is 0 Å². The SMILES string of the molecule is Cc1nc(NC2(C)CCOC2C)ccc1N. The number of hydrogen-bond donors (Lipinski definition) is 2. The molecule has 3 N–H and O–H groups in total. The third-order valence-corrected chi connectivity index (χ3v) is 3.43. The van der Waals surface area contributed by atoms with Crippen LogP contribution < -0.4 is 11.1 Å². The fourth-order valence-electron chi connectivity index (χ4n) is 1.93. The molecule has 0 amide bonds. The second-order valence-corrected chi connectivity index (χ2v) is 4.68. The van der Waals surface area contributed by atoms with Gasteiger partial charge in [-0.3, -0.25) is 0 Å². The predicted octanol–water partition coefficient (Wildman–Crippen LogP) is 1.95. The van der Waals surface area contributed by atoms with Gasteiger partial charge in [0.05, 0.1) is 23.0 Å². The Balaban J connectivity index is 2.17. The molecular weight excluding hydrogens is 202 g/mol. The molecule has 2 atom stereocenters. The summed E-state index contributed by atoms with van der Waals surface area (Å²) < 4.78 is 5.58. The van der Waals surface area contributed by atoms with Gasteiger partial charge in [-0.25, -0.2) is 4.98 Å². The van der Waals surface area contributed by atoms with E-state index >= 15 is 0 Å². The fourth-order valence-corrected chi connectivity index (χ4v) is 1.93. The number of nitrogen functional groups attached to an aromatic ring is 1. The first-order chi connectivity index (χ1) is 7.51. The first-order valence-corrected chi connectivity index (χ1v) is 5.64. The van der Waals surface area contributed by atoms with Crippen LogP contribution in [0.15, 0.2) is 12.1 Å². The van der Waals surface area contributed by atoms with Gasteiger partial charge in [-0.05, 0) is 39.3 Å². The minimum absolute atomic E-state index is 0.0322. The van der Waals surface area contributed by atoms with Crippen LogP contribution in [0.1, 0.15) is 26.0 Å². The van der Waals surface area contributed by atoms with Gasteiger partial charge in [0, 0.05) is 6.61 Å². The minimum Gasteiger partial charge on any atom is -0.397 e. The molecule has 1 saturated heterocycles. The van der Waals surface area contributed by atoms with Gasteiger partial charge in [-0.2, -0.15) is 0 Å². The summed E-state index contributed by atoms with van der Waals surface area (Å²) in [5.74, 6) is 0.867. The number of aromatic nitrogens is 1. The Hall–Kier alpha value is -1.29. The molecule has 88 valence electrons. The van der Waals surface area contributed by atoms with Gasteiger partial charge in [0.2, 0.25) is 0 Å². The number of pyridine rings is 1. The van der Waals surface area contributed by atoms with Crippen molar-refractivity contribution in [3.63, 3.8) is 0 Å². The molecule has 2 unspecified atom stereocenters. The summed E-state index contributed by atoms with van der Waals surface area (Å²) in [4.78, 5) is 4.42. The van der Waals surface area contributed by atoms with E-state index in [1.807, 2.05) is 19.1 Å². The van der Waals surface area contributed by atoms with Gasteiger partial charge in [-0.1, -0.05) is 0 Å². The van der Waals surface area contributed by atoms with Crippen molar-refractivity contribution in [2.45, 2.75) is 38.8 Å². The van der Waals surface area contributed by atoms with E-state index < -0.39 is 0 Å². The lowest BCUT2D eigenvalue weighted by atomic mass is 9.95. The molecule has 0 spiro atoms. The van der Waals surface area contributed by atoms with Crippen LogP contribution >= 0.6 is 0 Å². The number of nitrogens with two attached hydrogens (primary N) is 1. The molecule has 0 bridgehead atoms. The smallest absolute Gasteiger partial charge is 0.126 e. The van der Waals surface area contributed by atoms with E-state index in [1.165, 1.54) is 0 Å². The molecule has 1 aromatic rings. The average molecular weight is 221 g/mol. The summed E-state index contributed by atoms with van der Waals surface area (Å²) in [6.07, 6.45) is 1.20. The van der Waals surface area contributed by atoms with Crippen LogP contribution in [0.25, 0.3) is 0 Å². The van der Waals surface area contributed by atoms with Crippen molar-refractivity contribution in [1.82, 2.24) is 4.98 Å². The number of hydrogen-bond acceptors (Lipinski definition) is 4. The maximum absolute atomic E-state index is 5.74. The first-order valence-electron chi connectivity index (χ1n) is 5.64. The zero-order valence-corrected chi connectivity index (χ0v) is 10.1.